The second kappa shape index (κ2) is 10.7. The Morgan fingerprint density at radius 3 is 2.44 bits per heavy atom. The molecule has 0 aliphatic carbocycles. The number of aromatic amines is 1. The predicted octanol–water partition coefficient (Wildman–Crippen LogP) is 5.50. The lowest BCUT2D eigenvalue weighted by molar-refractivity contribution is -0.224. The number of pyridine rings is 1. The molecule has 1 aliphatic rings. The molecule has 2 aromatic heterocycles. The van der Waals surface area contributed by atoms with E-state index in [9.17, 15) is 22.8 Å². The minimum absolute atomic E-state index is 0.000425. The fraction of sp³-hybridized carbons (Fsp3) is 0.517. The molecule has 212 valence electrons. The average molecular weight is 547 g/mol. The van der Waals surface area contributed by atoms with Gasteiger partial charge in [-0.1, -0.05) is 18.2 Å². The summed E-state index contributed by atoms with van der Waals surface area (Å²) in [4.78, 5) is 30.3. The number of nitrogens with zero attached hydrogens (tertiary/aromatic N) is 2. The summed E-state index contributed by atoms with van der Waals surface area (Å²) in [5, 5.41) is 3.68. The number of H-pyrrole nitrogens is 1. The van der Waals surface area contributed by atoms with E-state index in [4.69, 9.17) is 4.74 Å². The summed E-state index contributed by atoms with van der Waals surface area (Å²) in [6, 6.07) is 9.34. The van der Waals surface area contributed by atoms with Crippen LogP contribution in [0.3, 0.4) is 0 Å². The minimum Gasteiger partial charge on any atom is -0.496 e. The van der Waals surface area contributed by atoms with Gasteiger partial charge in [0.05, 0.1) is 24.8 Å². The van der Waals surface area contributed by atoms with Crippen molar-refractivity contribution in [1.29, 1.82) is 0 Å². The Morgan fingerprint density at radius 2 is 1.82 bits per heavy atom. The van der Waals surface area contributed by atoms with Gasteiger partial charge < -0.3 is 19.6 Å². The second-order valence-corrected chi connectivity index (χ2v) is 11.0. The van der Waals surface area contributed by atoms with Crippen molar-refractivity contribution in [2.75, 3.05) is 20.2 Å². The van der Waals surface area contributed by atoms with Gasteiger partial charge in [-0.15, -0.1) is 0 Å². The summed E-state index contributed by atoms with van der Waals surface area (Å²) < 4.78 is 48.2. The van der Waals surface area contributed by atoms with E-state index in [-0.39, 0.29) is 30.0 Å². The lowest BCUT2D eigenvalue weighted by atomic mass is 9.87. The highest BCUT2D eigenvalue weighted by molar-refractivity contribution is 6.08. The molecule has 3 aromatic rings. The SMILES string of the molecule is COc1cc(C)[nH]c(=O)c1CNC(=O)c1c(C)n(C(C)C2CCN(C(C)(C)C(F)(F)F)CC2)c2ccccc12. The maximum atomic E-state index is 13.6. The van der Waals surface area contributed by atoms with Gasteiger partial charge in [-0.2, -0.15) is 13.2 Å². The number of hydrogen-bond acceptors (Lipinski definition) is 4. The van der Waals surface area contributed by atoms with E-state index in [1.54, 1.807) is 13.0 Å². The van der Waals surface area contributed by atoms with E-state index in [1.807, 2.05) is 31.2 Å². The van der Waals surface area contributed by atoms with E-state index in [0.29, 0.717) is 48.5 Å². The molecule has 10 heteroatoms. The van der Waals surface area contributed by atoms with Gasteiger partial charge >= 0.3 is 6.18 Å². The number of hydrogen-bond donors (Lipinski definition) is 2. The molecule has 3 heterocycles. The molecule has 1 atom stereocenters. The maximum Gasteiger partial charge on any atom is 0.406 e. The van der Waals surface area contributed by atoms with Crippen LogP contribution < -0.4 is 15.6 Å². The Hall–Kier alpha value is -3.27. The van der Waals surface area contributed by atoms with Crippen LogP contribution in [0.25, 0.3) is 10.9 Å². The van der Waals surface area contributed by atoms with Crippen molar-refractivity contribution in [2.45, 2.75) is 71.8 Å². The molecular weight excluding hydrogens is 509 g/mol. The Balaban J connectivity index is 1.59. The number of alkyl halides is 3. The number of aromatic nitrogens is 2. The number of likely N-dealkylation sites (tertiary alicyclic amines) is 1. The number of methoxy groups -OCH3 is 1. The summed E-state index contributed by atoms with van der Waals surface area (Å²) >= 11 is 0. The summed E-state index contributed by atoms with van der Waals surface area (Å²) in [7, 11) is 1.48. The number of benzene rings is 1. The monoisotopic (exact) mass is 546 g/mol. The van der Waals surface area contributed by atoms with E-state index >= 15 is 0 Å². The van der Waals surface area contributed by atoms with Gasteiger partial charge in [-0.3, -0.25) is 14.5 Å². The highest BCUT2D eigenvalue weighted by Gasteiger charge is 2.51. The maximum absolute atomic E-state index is 13.6. The fourth-order valence-corrected chi connectivity index (χ4v) is 5.83. The number of ether oxygens (including phenoxy) is 1. The van der Waals surface area contributed by atoms with Gasteiger partial charge in [-0.05, 0) is 78.6 Å². The highest BCUT2D eigenvalue weighted by atomic mass is 19.4. The van der Waals surface area contributed by atoms with Gasteiger partial charge in [0.1, 0.15) is 11.3 Å². The smallest absolute Gasteiger partial charge is 0.406 e. The first-order chi connectivity index (χ1) is 18.3. The lowest BCUT2D eigenvalue weighted by Crippen LogP contribution is -2.57. The van der Waals surface area contributed by atoms with E-state index < -0.39 is 11.7 Å². The van der Waals surface area contributed by atoms with Gasteiger partial charge in [-0.25, -0.2) is 0 Å². The van der Waals surface area contributed by atoms with Gasteiger partial charge in [0.15, 0.2) is 0 Å². The second-order valence-electron chi connectivity index (χ2n) is 11.0. The van der Waals surface area contributed by atoms with E-state index in [2.05, 4.69) is 21.8 Å². The van der Waals surface area contributed by atoms with Gasteiger partial charge in [0, 0.05) is 28.3 Å². The first-order valence-corrected chi connectivity index (χ1v) is 13.2. The van der Waals surface area contributed by atoms with Gasteiger partial charge in [0.2, 0.25) is 0 Å². The molecule has 0 saturated carbocycles. The number of para-hydroxylation sites is 1. The molecule has 1 amide bonds. The van der Waals surface area contributed by atoms with Crippen molar-refractivity contribution >= 4 is 16.8 Å². The van der Waals surface area contributed by atoms with Crippen LogP contribution in [0.5, 0.6) is 5.75 Å². The number of aryl methyl sites for hydroxylation is 1. The molecule has 2 N–H and O–H groups in total. The predicted molar refractivity (Wildman–Crippen MR) is 145 cm³/mol. The van der Waals surface area contributed by atoms with E-state index in [0.717, 1.165) is 16.6 Å². The molecule has 1 unspecified atom stereocenters. The number of fused-ring (bicyclic) bond motifs is 1. The molecule has 1 fully saturated rings. The van der Waals surface area contributed by atoms with Gasteiger partial charge in [0.25, 0.3) is 11.5 Å². The quantitative estimate of drug-likeness (QED) is 0.410. The Morgan fingerprint density at radius 1 is 1.18 bits per heavy atom. The number of carbonyl (C=O) groups excluding carboxylic acids is 1. The van der Waals surface area contributed by atoms with Crippen molar-refractivity contribution < 1.29 is 22.7 Å². The summed E-state index contributed by atoms with van der Waals surface area (Å²) in [6.45, 7) is 8.93. The molecule has 1 saturated heterocycles. The van der Waals surface area contributed by atoms with Crippen LogP contribution >= 0.6 is 0 Å². The van der Waals surface area contributed by atoms with Crippen LogP contribution in [0.2, 0.25) is 0 Å². The number of carbonyl (C=O) groups is 1. The molecule has 0 bridgehead atoms. The van der Waals surface area contributed by atoms with Crippen molar-refractivity contribution in [3.05, 3.63) is 63.2 Å². The normalized spacial score (nSPS) is 16.4. The number of rotatable bonds is 7. The molecule has 0 spiro atoms. The first-order valence-electron chi connectivity index (χ1n) is 13.2. The summed E-state index contributed by atoms with van der Waals surface area (Å²) in [6.07, 6.45) is -3.04. The fourth-order valence-electron chi connectivity index (χ4n) is 5.83. The Kier molecular flexibility index (Phi) is 7.89. The zero-order valence-corrected chi connectivity index (χ0v) is 23.3. The van der Waals surface area contributed by atoms with Crippen molar-refractivity contribution in [3.63, 3.8) is 0 Å². The van der Waals surface area contributed by atoms with Crippen LogP contribution in [0, 0.1) is 19.8 Å². The topological polar surface area (TPSA) is 79.4 Å². The highest BCUT2D eigenvalue weighted by Crippen LogP contribution is 2.40. The average Bonchev–Trinajstić information content (AvgIpc) is 3.18. The first kappa shape index (κ1) is 28.7. The third-order valence-corrected chi connectivity index (χ3v) is 8.37. The van der Waals surface area contributed by atoms with E-state index in [1.165, 1.54) is 25.9 Å². The Labute approximate surface area is 226 Å². The van der Waals surface area contributed by atoms with Crippen LogP contribution in [0.4, 0.5) is 13.2 Å². The third kappa shape index (κ3) is 5.31. The largest absolute Gasteiger partial charge is 0.496 e. The number of nitrogens with one attached hydrogen (secondary N) is 2. The molecule has 0 radical (unpaired) electrons. The lowest BCUT2D eigenvalue weighted by Gasteiger charge is -2.45. The zero-order chi connectivity index (χ0) is 28.7. The molecule has 1 aliphatic heterocycles. The van der Waals surface area contributed by atoms with Crippen molar-refractivity contribution in [2.24, 2.45) is 5.92 Å². The molecule has 4 rings (SSSR count). The van der Waals surface area contributed by atoms with Crippen LogP contribution in [-0.4, -0.2) is 52.3 Å². The molecule has 1 aromatic carbocycles. The van der Waals surface area contributed by atoms with Crippen LogP contribution in [0.15, 0.2) is 35.1 Å². The Bertz CT molecular complexity index is 1420. The van der Waals surface area contributed by atoms with Crippen LogP contribution in [0.1, 0.15) is 67.0 Å². The number of amides is 1. The number of piperidine rings is 1. The van der Waals surface area contributed by atoms with Crippen LogP contribution in [-0.2, 0) is 6.54 Å². The van der Waals surface area contributed by atoms with Crippen molar-refractivity contribution in [3.8, 4) is 5.75 Å². The number of halogens is 3. The standard InChI is InChI=1S/C29H37F3N4O3/c1-17-15-24(39-6)22(26(37)34-17)16-33-27(38)25-19(3)36(23-10-8-7-9-21(23)25)18(2)20-11-13-35(14-12-20)28(4,5)29(30,31)32/h7-10,15,18,20H,11-14,16H2,1-6H3,(H,33,38)(H,34,37). The zero-order valence-electron chi connectivity index (χ0n) is 23.3. The molecule has 7 nitrogen and oxygen atoms in total. The minimum atomic E-state index is -4.30. The summed E-state index contributed by atoms with van der Waals surface area (Å²) in [5.74, 6) is 0.258. The van der Waals surface area contributed by atoms with Crippen molar-refractivity contribution in [1.82, 2.24) is 19.8 Å². The molecular formula is C29H37F3N4O3. The summed E-state index contributed by atoms with van der Waals surface area (Å²) in [5.41, 5.74) is 1.01. The third-order valence-electron chi connectivity index (χ3n) is 8.37. The molecule has 39 heavy (non-hydrogen) atoms.